The number of amides is 1. The predicted octanol–water partition coefficient (Wildman–Crippen LogP) is -0.199. The van der Waals surface area contributed by atoms with Gasteiger partial charge in [0.15, 0.2) is 0 Å². The molecule has 0 radical (unpaired) electrons. The molecule has 1 heterocycles. The van der Waals surface area contributed by atoms with Crippen molar-refractivity contribution in [2.75, 3.05) is 13.1 Å². The Bertz CT molecular complexity index is 221. The van der Waals surface area contributed by atoms with Gasteiger partial charge in [0, 0.05) is 12.6 Å². The van der Waals surface area contributed by atoms with Gasteiger partial charge in [-0.15, -0.1) is 0 Å². The van der Waals surface area contributed by atoms with Crippen LogP contribution in [-0.4, -0.2) is 52.3 Å². The maximum absolute atomic E-state index is 10.7. The van der Waals surface area contributed by atoms with Crippen molar-refractivity contribution in [1.29, 1.82) is 0 Å². The van der Waals surface area contributed by atoms with Crippen LogP contribution in [0.25, 0.3) is 0 Å². The van der Waals surface area contributed by atoms with E-state index in [-0.39, 0.29) is 12.6 Å². The van der Waals surface area contributed by atoms with E-state index in [1.165, 1.54) is 0 Å². The van der Waals surface area contributed by atoms with Gasteiger partial charge < -0.3 is 15.5 Å². The lowest BCUT2D eigenvalue weighted by Gasteiger charge is -2.16. The fraction of sp³-hybridized carbons (Fsp3) is 0.750. The standard InChI is InChI=1S/C8H14N2O4/c1-2-9-5-3-6(7(11)12)10(4-5)8(13)14/h5-6,9H,2-4H2,1H3,(H,11,12)(H,13,14). The van der Waals surface area contributed by atoms with E-state index in [9.17, 15) is 9.59 Å². The molecule has 1 fully saturated rings. The lowest BCUT2D eigenvalue weighted by molar-refractivity contribution is -0.141. The van der Waals surface area contributed by atoms with E-state index < -0.39 is 18.1 Å². The summed E-state index contributed by atoms with van der Waals surface area (Å²) in [7, 11) is 0. The molecule has 14 heavy (non-hydrogen) atoms. The van der Waals surface area contributed by atoms with Gasteiger partial charge in [-0.25, -0.2) is 9.59 Å². The minimum absolute atomic E-state index is 0.0443. The number of likely N-dealkylation sites (tertiary alicyclic amines) is 1. The van der Waals surface area contributed by atoms with Crippen molar-refractivity contribution in [2.24, 2.45) is 0 Å². The van der Waals surface area contributed by atoms with E-state index in [4.69, 9.17) is 10.2 Å². The molecule has 1 rings (SSSR count). The highest BCUT2D eigenvalue weighted by Crippen LogP contribution is 2.18. The van der Waals surface area contributed by atoms with Crippen LogP contribution in [0, 0.1) is 0 Å². The Labute approximate surface area is 81.5 Å². The zero-order valence-corrected chi connectivity index (χ0v) is 7.93. The Morgan fingerprint density at radius 1 is 1.50 bits per heavy atom. The van der Waals surface area contributed by atoms with Crippen LogP contribution < -0.4 is 5.32 Å². The molecule has 6 heteroatoms. The number of carboxylic acid groups (broad SMARTS) is 2. The molecule has 2 atom stereocenters. The third-order valence-electron chi connectivity index (χ3n) is 2.32. The highest BCUT2D eigenvalue weighted by atomic mass is 16.4. The van der Waals surface area contributed by atoms with Crippen molar-refractivity contribution in [3.05, 3.63) is 0 Å². The fourth-order valence-electron chi connectivity index (χ4n) is 1.72. The largest absolute Gasteiger partial charge is 0.480 e. The van der Waals surface area contributed by atoms with Gasteiger partial charge in [-0.1, -0.05) is 6.92 Å². The highest BCUT2D eigenvalue weighted by molar-refractivity contribution is 5.80. The average Bonchev–Trinajstić information content (AvgIpc) is 2.49. The Morgan fingerprint density at radius 2 is 2.14 bits per heavy atom. The van der Waals surface area contributed by atoms with Crippen LogP contribution in [0.5, 0.6) is 0 Å². The molecule has 3 N–H and O–H groups in total. The summed E-state index contributed by atoms with van der Waals surface area (Å²) in [5.41, 5.74) is 0. The van der Waals surface area contributed by atoms with Gasteiger partial charge in [0.05, 0.1) is 0 Å². The Kier molecular flexibility index (Phi) is 3.29. The van der Waals surface area contributed by atoms with E-state index >= 15 is 0 Å². The fourth-order valence-corrected chi connectivity index (χ4v) is 1.72. The van der Waals surface area contributed by atoms with E-state index in [1.807, 2.05) is 6.92 Å². The Hall–Kier alpha value is -1.30. The molecule has 2 unspecified atom stereocenters. The van der Waals surface area contributed by atoms with Gasteiger partial charge in [0.25, 0.3) is 0 Å². The number of hydrogen-bond acceptors (Lipinski definition) is 3. The van der Waals surface area contributed by atoms with Crippen LogP contribution in [0.4, 0.5) is 4.79 Å². The van der Waals surface area contributed by atoms with Crippen LogP contribution in [-0.2, 0) is 4.79 Å². The summed E-state index contributed by atoms with van der Waals surface area (Å²) in [4.78, 5) is 22.4. The number of carboxylic acids is 1. The maximum Gasteiger partial charge on any atom is 0.408 e. The van der Waals surface area contributed by atoms with Crippen LogP contribution in [0.3, 0.4) is 0 Å². The first-order chi connectivity index (χ1) is 6.56. The first-order valence-electron chi connectivity index (χ1n) is 4.52. The number of likely N-dealkylation sites (N-methyl/N-ethyl adjacent to an activating group) is 1. The molecular weight excluding hydrogens is 188 g/mol. The normalized spacial score (nSPS) is 26.5. The molecule has 1 aliphatic heterocycles. The highest BCUT2D eigenvalue weighted by Gasteiger charge is 2.39. The number of nitrogens with one attached hydrogen (secondary N) is 1. The summed E-state index contributed by atoms with van der Waals surface area (Å²) in [6.45, 7) is 2.86. The molecule has 80 valence electrons. The molecule has 0 aromatic heterocycles. The summed E-state index contributed by atoms with van der Waals surface area (Å²) in [5, 5.41) is 20.6. The van der Waals surface area contributed by atoms with Crippen molar-refractivity contribution in [1.82, 2.24) is 10.2 Å². The van der Waals surface area contributed by atoms with E-state index in [2.05, 4.69) is 5.32 Å². The molecule has 0 spiro atoms. The molecule has 1 aliphatic rings. The Balaban J connectivity index is 2.65. The summed E-state index contributed by atoms with van der Waals surface area (Å²) >= 11 is 0. The van der Waals surface area contributed by atoms with Crippen molar-refractivity contribution in [2.45, 2.75) is 25.4 Å². The third-order valence-corrected chi connectivity index (χ3v) is 2.32. The van der Waals surface area contributed by atoms with Gasteiger partial charge in [0.2, 0.25) is 0 Å². The van der Waals surface area contributed by atoms with E-state index in [0.717, 1.165) is 4.90 Å². The number of carbonyl (C=O) groups is 2. The summed E-state index contributed by atoms with van der Waals surface area (Å²) in [6, 6.07) is -0.950. The summed E-state index contributed by atoms with van der Waals surface area (Å²) in [5.74, 6) is -1.08. The van der Waals surface area contributed by atoms with Crippen LogP contribution in [0.1, 0.15) is 13.3 Å². The first kappa shape index (κ1) is 10.8. The molecule has 0 aliphatic carbocycles. The van der Waals surface area contributed by atoms with Gasteiger partial charge in [0.1, 0.15) is 6.04 Å². The number of rotatable bonds is 3. The maximum atomic E-state index is 10.7. The SMILES string of the molecule is CCNC1CC(C(=O)O)N(C(=O)O)C1. The molecule has 1 saturated heterocycles. The van der Waals surface area contributed by atoms with Crippen molar-refractivity contribution in [3.63, 3.8) is 0 Å². The lowest BCUT2D eigenvalue weighted by Crippen LogP contribution is -2.40. The molecule has 0 aromatic carbocycles. The second kappa shape index (κ2) is 4.28. The summed E-state index contributed by atoms with van der Waals surface area (Å²) < 4.78 is 0. The molecular formula is C8H14N2O4. The molecule has 1 amide bonds. The number of nitrogens with zero attached hydrogens (tertiary/aromatic N) is 1. The topological polar surface area (TPSA) is 89.9 Å². The smallest absolute Gasteiger partial charge is 0.408 e. The quantitative estimate of drug-likeness (QED) is 0.589. The van der Waals surface area contributed by atoms with Gasteiger partial charge in [-0.05, 0) is 13.0 Å². The number of hydrogen-bond donors (Lipinski definition) is 3. The second-order valence-electron chi connectivity index (χ2n) is 3.28. The van der Waals surface area contributed by atoms with Gasteiger partial charge in [-0.2, -0.15) is 0 Å². The van der Waals surface area contributed by atoms with Crippen LogP contribution >= 0.6 is 0 Å². The van der Waals surface area contributed by atoms with Gasteiger partial charge >= 0.3 is 12.1 Å². The lowest BCUT2D eigenvalue weighted by atomic mass is 10.2. The molecule has 0 aromatic rings. The second-order valence-corrected chi connectivity index (χ2v) is 3.28. The first-order valence-corrected chi connectivity index (χ1v) is 4.52. The minimum Gasteiger partial charge on any atom is -0.480 e. The van der Waals surface area contributed by atoms with Crippen LogP contribution in [0.15, 0.2) is 0 Å². The van der Waals surface area contributed by atoms with Crippen molar-refractivity contribution in [3.8, 4) is 0 Å². The third kappa shape index (κ3) is 2.14. The number of aliphatic carboxylic acids is 1. The summed E-state index contributed by atoms with van der Waals surface area (Å²) in [6.07, 6.45) is -0.826. The minimum atomic E-state index is -1.17. The monoisotopic (exact) mass is 202 g/mol. The van der Waals surface area contributed by atoms with Crippen molar-refractivity contribution < 1.29 is 19.8 Å². The molecule has 0 saturated carbocycles. The van der Waals surface area contributed by atoms with Gasteiger partial charge in [-0.3, -0.25) is 4.90 Å². The van der Waals surface area contributed by atoms with Crippen molar-refractivity contribution >= 4 is 12.1 Å². The molecule has 6 nitrogen and oxygen atoms in total. The average molecular weight is 202 g/mol. The Morgan fingerprint density at radius 3 is 2.50 bits per heavy atom. The van der Waals surface area contributed by atoms with E-state index in [1.54, 1.807) is 0 Å². The predicted molar refractivity (Wildman–Crippen MR) is 48.2 cm³/mol. The zero-order valence-electron chi connectivity index (χ0n) is 7.93. The van der Waals surface area contributed by atoms with E-state index in [0.29, 0.717) is 13.0 Å². The van der Waals surface area contributed by atoms with Crippen LogP contribution in [0.2, 0.25) is 0 Å². The zero-order chi connectivity index (χ0) is 10.7. The molecule has 0 bridgehead atoms.